The summed E-state index contributed by atoms with van der Waals surface area (Å²) >= 11 is 0. The first-order valence-electron chi connectivity index (χ1n) is 12.1. The first-order valence-corrected chi connectivity index (χ1v) is 12.1. The van der Waals surface area contributed by atoms with Gasteiger partial charge in [0, 0.05) is 45.1 Å². The Kier molecular flexibility index (Phi) is 6.62. The third-order valence-corrected chi connectivity index (χ3v) is 6.58. The fraction of sp³-hybridized carbons (Fsp3) is 0.346. The van der Waals surface area contributed by atoms with Crippen LogP contribution >= 0.6 is 0 Å². The average Bonchev–Trinajstić information content (AvgIpc) is 3.35. The number of nitrogens with zero attached hydrogens (tertiary/aromatic N) is 7. The Bertz CT molecular complexity index is 1440. The van der Waals surface area contributed by atoms with E-state index in [1.165, 1.54) is 22.0 Å². The Labute approximate surface area is 213 Å². The molecule has 0 unspecified atom stereocenters. The number of rotatable bonds is 6. The largest absolute Gasteiger partial charge is 0.489 e. The Morgan fingerprint density at radius 1 is 1.14 bits per heavy atom. The van der Waals surface area contributed by atoms with Crippen LogP contribution in [-0.4, -0.2) is 78.0 Å². The smallest absolute Gasteiger partial charge is 0.319 e. The zero-order valence-corrected chi connectivity index (χ0v) is 20.8. The molecule has 2 amide bonds. The fourth-order valence-corrected chi connectivity index (χ4v) is 4.46. The number of hydrogen-bond acceptors (Lipinski definition) is 7. The lowest BCUT2D eigenvalue weighted by atomic mass is 9.91. The highest BCUT2D eigenvalue weighted by atomic mass is 16.5. The van der Waals surface area contributed by atoms with Crippen LogP contribution in [0.3, 0.4) is 0 Å². The number of aliphatic hydroxyl groups is 1. The molecule has 0 atom stereocenters. The SMILES string of the molecule is CN(C)C(=O)N1CCC(O)(Cn2cnc3c(cnn3-c3ccc(OCc4cccnc4)cc3)c2=O)CC1. The van der Waals surface area contributed by atoms with Crippen molar-refractivity contribution in [3.63, 3.8) is 0 Å². The van der Waals surface area contributed by atoms with E-state index in [0.717, 1.165) is 11.3 Å². The van der Waals surface area contributed by atoms with Crippen LogP contribution in [0.15, 0.2) is 66.1 Å². The molecule has 1 saturated heterocycles. The van der Waals surface area contributed by atoms with E-state index < -0.39 is 5.60 Å². The van der Waals surface area contributed by atoms with Crippen LogP contribution in [0, 0.1) is 0 Å². The van der Waals surface area contributed by atoms with Gasteiger partial charge in [-0.15, -0.1) is 0 Å². The highest BCUT2D eigenvalue weighted by Gasteiger charge is 2.35. The number of fused-ring (bicyclic) bond motifs is 1. The Hall–Kier alpha value is -4.25. The van der Waals surface area contributed by atoms with Gasteiger partial charge in [0.25, 0.3) is 5.56 Å². The predicted octanol–water partition coefficient (Wildman–Crippen LogP) is 2.06. The van der Waals surface area contributed by atoms with E-state index in [-0.39, 0.29) is 18.1 Å². The highest BCUT2D eigenvalue weighted by Crippen LogP contribution is 2.25. The maximum atomic E-state index is 13.2. The van der Waals surface area contributed by atoms with E-state index in [1.807, 2.05) is 36.4 Å². The van der Waals surface area contributed by atoms with Gasteiger partial charge in [0.05, 0.1) is 24.0 Å². The second-order valence-corrected chi connectivity index (χ2v) is 9.50. The van der Waals surface area contributed by atoms with Gasteiger partial charge in [0.2, 0.25) is 0 Å². The molecule has 0 saturated carbocycles. The van der Waals surface area contributed by atoms with Gasteiger partial charge in [-0.1, -0.05) is 6.07 Å². The van der Waals surface area contributed by atoms with Crippen molar-refractivity contribution in [2.24, 2.45) is 0 Å². The standard InChI is InChI=1S/C26H29N7O4/c1-30(2)25(35)31-12-9-26(36,10-13-31)17-32-18-28-23-22(24(32)34)15-29-33(23)20-5-7-21(8-6-20)37-16-19-4-3-11-27-14-19/h3-8,11,14-15,18,36H,9-10,12-13,16-17H2,1-2H3. The summed E-state index contributed by atoms with van der Waals surface area (Å²) in [6, 6.07) is 11.1. The normalized spacial score (nSPS) is 15.1. The van der Waals surface area contributed by atoms with Crippen LogP contribution in [0.1, 0.15) is 18.4 Å². The van der Waals surface area contributed by atoms with Crippen LogP contribution in [0.4, 0.5) is 4.79 Å². The summed E-state index contributed by atoms with van der Waals surface area (Å²) in [7, 11) is 3.41. The minimum atomic E-state index is -1.09. The monoisotopic (exact) mass is 503 g/mol. The summed E-state index contributed by atoms with van der Waals surface area (Å²) in [5.41, 5.74) is 0.785. The van der Waals surface area contributed by atoms with E-state index in [2.05, 4.69) is 15.1 Å². The number of carbonyl (C=O) groups is 1. The Morgan fingerprint density at radius 2 is 1.89 bits per heavy atom. The number of ether oxygens (including phenoxy) is 1. The number of pyridine rings is 1. The number of piperidine rings is 1. The summed E-state index contributed by atoms with van der Waals surface area (Å²) < 4.78 is 8.84. The van der Waals surface area contributed by atoms with Crippen LogP contribution in [0.5, 0.6) is 5.75 Å². The molecule has 37 heavy (non-hydrogen) atoms. The van der Waals surface area contributed by atoms with Crippen molar-refractivity contribution < 1.29 is 14.6 Å². The van der Waals surface area contributed by atoms with E-state index in [9.17, 15) is 14.7 Å². The molecule has 0 bridgehead atoms. The Morgan fingerprint density at radius 3 is 2.57 bits per heavy atom. The summed E-state index contributed by atoms with van der Waals surface area (Å²) in [6.07, 6.45) is 7.18. The minimum Gasteiger partial charge on any atom is -0.489 e. The maximum Gasteiger partial charge on any atom is 0.319 e. The number of amides is 2. The van der Waals surface area contributed by atoms with Crippen molar-refractivity contribution in [1.29, 1.82) is 0 Å². The summed E-state index contributed by atoms with van der Waals surface area (Å²) in [6.45, 7) is 1.37. The molecule has 4 aromatic rings. The number of likely N-dealkylation sites (tertiary alicyclic amines) is 1. The molecular formula is C26H29N7O4. The molecule has 0 spiro atoms. The van der Waals surface area contributed by atoms with Gasteiger partial charge >= 0.3 is 6.03 Å². The molecule has 11 nitrogen and oxygen atoms in total. The topological polar surface area (TPSA) is 119 Å². The fourth-order valence-electron chi connectivity index (χ4n) is 4.46. The molecule has 11 heteroatoms. The van der Waals surface area contributed by atoms with E-state index in [0.29, 0.717) is 49.3 Å². The van der Waals surface area contributed by atoms with Crippen molar-refractivity contribution in [2.45, 2.75) is 31.6 Å². The quantitative estimate of drug-likeness (QED) is 0.428. The number of hydrogen-bond donors (Lipinski definition) is 1. The molecule has 1 aliphatic rings. The molecule has 3 aromatic heterocycles. The van der Waals surface area contributed by atoms with Crippen molar-refractivity contribution in [1.82, 2.24) is 34.1 Å². The van der Waals surface area contributed by atoms with Crippen LogP contribution in [0.25, 0.3) is 16.7 Å². The minimum absolute atomic E-state index is 0.0807. The lowest BCUT2D eigenvalue weighted by Gasteiger charge is -2.39. The molecule has 0 aliphatic carbocycles. The third kappa shape index (κ3) is 5.17. The molecule has 4 heterocycles. The summed E-state index contributed by atoms with van der Waals surface area (Å²) in [4.78, 5) is 37.2. The number of carbonyl (C=O) groups excluding carboxylic acids is 1. The molecule has 1 N–H and O–H groups in total. The second kappa shape index (κ2) is 10.0. The van der Waals surface area contributed by atoms with Gasteiger partial charge in [-0.2, -0.15) is 5.10 Å². The average molecular weight is 504 g/mol. The Balaban J connectivity index is 1.29. The van der Waals surface area contributed by atoms with Crippen molar-refractivity contribution >= 4 is 17.1 Å². The first-order chi connectivity index (χ1) is 17.8. The third-order valence-electron chi connectivity index (χ3n) is 6.58. The number of benzene rings is 1. The number of aromatic nitrogens is 5. The second-order valence-electron chi connectivity index (χ2n) is 9.50. The van der Waals surface area contributed by atoms with Gasteiger partial charge in [-0.05, 0) is 43.2 Å². The number of urea groups is 1. The maximum absolute atomic E-state index is 13.2. The molecule has 1 aliphatic heterocycles. The van der Waals surface area contributed by atoms with E-state index in [4.69, 9.17) is 4.74 Å². The summed E-state index contributed by atoms with van der Waals surface area (Å²) in [5, 5.41) is 15.9. The summed E-state index contributed by atoms with van der Waals surface area (Å²) in [5.74, 6) is 0.700. The van der Waals surface area contributed by atoms with Crippen LogP contribution in [-0.2, 0) is 13.2 Å². The molecule has 5 rings (SSSR count). The van der Waals surface area contributed by atoms with Gasteiger partial charge in [0.1, 0.15) is 24.1 Å². The van der Waals surface area contributed by atoms with Crippen LogP contribution in [0.2, 0.25) is 0 Å². The van der Waals surface area contributed by atoms with Gasteiger partial charge in [-0.3, -0.25) is 14.3 Å². The van der Waals surface area contributed by atoms with Crippen molar-refractivity contribution in [3.8, 4) is 11.4 Å². The van der Waals surface area contributed by atoms with Gasteiger partial charge in [-0.25, -0.2) is 14.5 Å². The zero-order valence-electron chi connectivity index (χ0n) is 20.8. The highest BCUT2D eigenvalue weighted by molar-refractivity contribution is 5.75. The van der Waals surface area contributed by atoms with Crippen molar-refractivity contribution in [2.75, 3.05) is 27.2 Å². The van der Waals surface area contributed by atoms with E-state index >= 15 is 0 Å². The van der Waals surface area contributed by atoms with Crippen molar-refractivity contribution in [3.05, 3.63) is 77.2 Å². The van der Waals surface area contributed by atoms with Gasteiger partial charge < -0.3 is 19.6 Å². The lowest BCUT2D eigenvalue weighted by Crippen LogP contribution is -2.51. The molecule has 1 aromatic carbocycles. The van der Waals surface area contributed by atoms with E-state index in [1.54, 1.807) is 36.1 Å². The molecule has 1 fully saturated rings. The predicted molar refractivity (Wildman–Crippen MR) is 137 cm³/mol. The first kappa shape index (κ1) is 24.4. The van der Waals surface area contributed by atoms with Crippen LogP contribution < -0.4 is 10.3 Å². The molecular weight excluding hydrogens is 474 g/mol. The lowest BCUT2D eigenvalue weighted by molar-refractivity contribution is -0.0282. The molecule has 0 radical (unpaired) electrons. The molecule has 192 valence electrons. The zero-order chi connectivity index (χ0) is 26.0. The van der Waals surface area contributed by atoms with Gasteiger partial charge in [0.15, 0.2) is 5.65 Å².